The third-order valence-electron chi connectivity index (χ3n) is 4.97. The maximum Gasteiger partial charge on any atom is 0.227 e. The zero-order valence-electron chi connectivity index (χ0n) is 17.4. The van der Waals surface area contributed by atoms with Crippen LogP contribution in [0.25, 0.3) is 0 Å². The number of amides is 1. The van der Waals surface area contributed by atoms with Gasteiger partial charge in [0.2, 0.25) is 5.91 Å². The first-order chi connectivity index (χ1) is 14.7. The van der Waals surface area contributed by atoms with Crippen molar-refractivity contribution in [1.29, 1.82) is 0 Å². The Bertz CT molecular complexity index is 941. The largest absolute Gasteiger partial charge is 0.382 e. The number of benzene rings is 2. The van der Waals surface area contributed by atoms with Crippen LogP contribution in [0, 0.1) is 11.8 Å². The van der Waals surface area contributed by atoms with E-state index in [1.807, 2.05) is 48.5 Å². The SMILES string of the molecule is COCCOCCCC(=O)CCC(=O)N1Cc2ccccc2C#Cc2ccccc21. The highest BCUT2D eigenvalue weighted by atomic mass is 16.5. The second-order valence-electron chi connectivity index (χ2n) is 7.15. The number of hydrogen-bond donors (Lipinski definition) is 0. The van der Waals surface area contributed by atoms with Crippen LogP contribution in [-0.4, -0.2) is 38.6 Å². The van der Waals surface area contributed by atoms with Gasteiger partial charge in [-0.15, -0.1) is 0 Å². The summed E-state index contributed by atoms with van der Waals surface area (Å²) in [5.74, 6) is 6.42. The van der Waals surface area contributed by atoms with Crippen molar-refractivity contribution in [2.45, 2.75) is 32.2 Å². The molecular formula is C25H27NO4. The maximum absolute atomic E-state index is 13.1. The van der Waals surface area contributed by atoms with Gasteiger partial charge in [0.15, 0.2) is 0 Å². The van der Waals surface area contributed by atoms with E-state index in [0.717, 1.165) is 22.4 Å². The highest BCUT2D eigenvalue weighted by Gasteiger charge is 2.21. The molecule has 5 nitrogen and oxygen atoms in total. The fourth-order valence-corrected chi connectivity index (χ4v) is 3.33. The number of carbonyl (C=O) groups is 2. The number of carbonyl (C=O) groups excluding carboxylic acids is 2. The van der Waals surface area contributed by atoms with Crippen LogP contribution in [0.5, 0.6) is 0 Å². The Kier molecular flexibility index (Phi) is 8.20. The van der Waals surface area contributed by atoms with E-state index in [1.54, 1.807) is 12.0 Å². The maximum atomic E-state index is 13.1. The molecule has 2 aromatic rings. The monoisotopic (exact) mass is 405 g/mol. The molecule has 0 saturated heterocycles. The third-order valence-corrected chi connectivity index (χ3v) is 4.97. The number of Topliss-reactive ketones (excluding diaryl/α,β-unsaturated/α-hetero) is 1. The normalized spacial score (nSPS) is 12.1. The van der Waals surface area contributed by atoms with Crippen molar-refractivity contribution in [1.82, 2.24) is 0 Å². The number of rotatable bonds is 10. The van der Waals surface area contributed by atoms with Crippen molar-refractivity contribution in [3.63, 3.8) is 0 Å². The summed E-state index contributed by atoms with van der Waals surface area (Å²) in [4.78, 5) is 27.0. The minimum atomic E-state index is -0.0642. The molecule has 0 aliphatic carbocycles. The number of nitrogens with zero attached hydrogens (tertiary/aromatic N) is 1. The molecule has 1 aliphatic heterocycles. The van der Waals surface area contributed by atoms with Crippen molar-refractivity contribution in [3.8, 4) is 11.8 Å². The lowest BCUT2D eigenvalue weighted by molar-refractivity contribution is -0.124. The molecule has 30 heavy (non-hydrogen) atoms. The number of fused-ring (bicyclic) bond motifs is 2. The zero-order valence-corrected chi connectivity index (χ0v) is 17.4. The van der Waals surface area contributed by atoms with Crippen molar-refractivity contribution in [3.05, 3.63) is 65.2 Å². The highest BCUT2D eigenvalue weighted by molar-refractivity contribution is 5.97. The molecule has 1 heterocycles. The van der Waals surface area contributed by atoms with Gasteiger partial charge in [-0.25, -0.2) is 0 Å². The van der Waals surface area contributed by atoms with E-state index in [9.17, 15) is 9.59 Å². The quantitative estimate of drug-likeness (QED) is 0.447. The number of ether oxygens (including phenoxy) is 2. The molecule has 2 aromatic carbocycles. The average molecular weight is 405 g/mol. The van der Waals surface area contributed by atoms with Gasteiger partial charge in [0.25, 0.3) is 0 Å². The van der Waals surface area contributed by atoms with Crippen LogP contribution in [0.1, 0.15) is 42.4 Å². The Hall–Kier alpha value is -2.94. The molecule has 1 amide bonds. The molecule has 0 atom stereocenters. The minimum Gasteiger partial charge on any atom is -0.382 e. The van der Waals surface area contributed by atoms with Gasteiger partial charge in [0.05, 0.1) is 25.4 Å². The van der Waals surface area contributed by atoms with Crippen LogP contribution in [0.2, 0.25) is 0 Å². The Balaban J connectivity index is 1.61. The van der Waals surface area contributed by atoms with Gasteiger partial charge >= 0.3 is 0 Å². The second-order valence-corrected chi connectivity index (χ2v) is 7.15. The summed E-state index contributed by atoms with van der Waals surface area (Å²) >= 11 is 0. The lowest BCUT2D eigenvalue weighted by Crippen LogP contribution is -2.32. The van der Waals surface area contributed by atoms with Gasteiger partial charge in [-0.3, -0.25) is 9.59 Å². The smallest absolute Gasteiger partial charge is 0.227 e. The number of anilines is 1. The molecule has 0 saturated carbocycles. The Morgan fingerprint density at radius 1 is 0.900 bits per heavy atom. The molecule has 5 heteroatoms. The summed E-state index contributed by atoms with van der Waals surface area (Å²) in [7, 11) is 1.62. The molecule has 0 unspecified atom stereocenters. The molecule has 0 bridgehead atoms. The Morgan fingerprint density at radius 3 is 2.47 bits per heavy atom. The summed E-state index contributed by atoms with van der Waals surface area (Å²) in [5, 5.41) is 0. The first kappa shape index (κ1) is 21.8. The molecule has 0 N–H and O–H groups in total. The van der Waals surface area contributed by atoms with Gasteiger partial charge in [-0.05, 0) is 30.2 Å². The second kappa shape index (κ2) is 11.3. The van der Waals surface area contributed by atoms with Gasteiger partial charge in [-0.2, -0.15) is 0 Å². The predicted octanol–water partition coefficient (Wildman–Crippen LogP) is 3.73. The zero-order chi connectivity index (χ0) is 21.2. The van der Waals surface area contributed by atoms with Gasteiger partial charge in [-0.1, -0.05) is 42.2 Å². The summed E-state index contributed by atoms with van der Waals surface area (Å²) in [6, 6.07) is 15.5. The van der Waals surface area contributed by atoms with Crippen molar-refractivity contribution < 1.29 is 19.1 Å². The van der Waals surface area contributed by atoms with Crippen LogP contribution in [0.15, 0.2) is 48.5 Å². The van der Waals surface area contributed by atoms with Gasteiger partial charge in [0, 0.05) is 44.1 Å². The van der Waals surface area contributed by atoms with Crippen LogP contribution in [-0.2, 0) is 25.6 Å². The fraction of sp³-hybridized carbons (Fsp3) is 0.360. The van der Waals surface area contributed by atoms with Crippen LogP contribution in [0.3, 0.4) is 0 Å². The lowest BCUT2D eigenvalue weighted by Gasteiger charge is -2.26. The molecule has 1 aliphatic rings. The van der Waals surface area contributed by atoms with Crippen molar-refractivity contribution in [2.24, 2.45) is 0 Å². The van der Waals surface area contributed by atoms with Gasteiger partial charge in [0.1, 0.15) is 5.78 Å². The van der Waals surface area contributed by atoms with E-state index < -0.39 is 0 Å². The molecule has 3 rings (SSSR count). The van der Waals surface area contributed by atoms with Crippen LogP contribution in [0.4, 0.5) is 5.69 Å². The molecule has 0 radical (unpaired) electrons. The topological polar surface area (TPSA) is 55.8 Å². The lowest BCUT2D eigenvalue weighted by atomic mass is 10.0. The van der Waals surface area contributed by atoms with E-state index in [2.05, 4.69) is 11.8 Å². The Labute approximate surface area is 178 Å². The van der Waals surface area contributed by atoms with Gasteiger partial charge < -0.3 is 14.4 Å². The predicted molar refractivity (Wildman–Crippen MR) is 116 cm³/mol. The van der Waals surface area contributed by atoms with Crippen molar-refractivity contribution >= 4 is 17.4 Å². The summed E-state index contributed by atoms with van der Waals surface area (Å²) in [5.41, 5.74) is 3.55. The van der Waals surface area contributed by atoms with E-state index in [0.29, 0.717) is 39.2 Å². The third kappa shape index (κ3) is 6.03. The van der Waals surface area contributed by atoms with Crippen LogP contribution >= 0.6 is 0 Å². The summed E-state index contributed by atoms with van der Waals surface area (Å²) in [6.07, 6.45) is 1.51. The standard InChI is InChI=1S/C25H27NO4/c1-29-17-18-30-16-6-10-23(27)14-15-25(28)26-19-22-9-3-2-7-20(22)12-13-21-8-4-5-11-24(21)26/h2-5,7-9,11H,6,10,14-19H2,1H3. The number of methoxy groups -OCH3 is 1. The summed E-state index contributed by atoms with van der Waals surface area (Å²) in [6.45, 7) is 2.05. The van der Waals surface area contributed by atoms with E-state index in [1.165, 1.54) is 0 Å². The molecular weight excluding hydrogens is 378 g/mol. The number of ketones is 1. The van der Waals surface area contributed by atoms with E-state index in [4.69, 9.17) is 9.47 Å². The first-order valence-electron chi connectivity index (χ1n) is 10.3. The summed E-state index contributed by atoms with van der Waals surface area (Å²) < 4.78 is 10.3. The molecule has 0 aromatic heterocycles. The van der Waals surface area contributed by atoms with E-state index in [-0.39, 0.29) is 24.5 Å². The first-order valence-corrected chi connectivity index (χ1v) is 10.3. The highest BCUT2D eigenvalue weighted by Crippen LogP contribution is 2.26. The Morgan fingerprint density at radius 2 is 1.63 bits per heavy atom. The molecule has 0 fully saturated rings. The number of hydrogen-bond acceptors (Lipinski definition) is 4. The van der Waals surface area contributed by atoms with Crippen molar-refractivity contribution in [2.75, 3.05) is 31.8 Å². The average Bonchev–Trinajstić information content (AvgIpc) is 2.76. The number of para-hydroxylation sites is 1. The van der Waals surface area contributed by atoms with E-state index >= 15 is 0 Å². The fourth-order valence-electron chi connectivity index (χ4n) is 3.33. The molecule has 156 valence electrons. The minimum absolute atomic E-state index is 0.0642. The molecule has 0 spiro atoms. The van der Waals surface area contributed by atoms with Crippen LogP contribution < -0.4 is 4.90 Å².